The molecule has 0 aliphatic heterocycles. The largest absolute Gasteiger partial charge is 0.308 e. The number of hydrogen-bond acceptors (Lipinski definition) is 6. The molecule has 0 spiro atoms. The first kappa shape index (κ1) is 39.0. The first-order valence-corrected chi connectivity index (χ1v) is 22.6. The summed E-state index contributed by atoms with van der Waals surface area (Å²) in [6.45, 7) is 0. The van der Waals surface area contributed by atoms with Crippen LogP contribution in [-0.4, -0.2) is 39.0 Å². The Morgan fingerprint density at radius 3 is 1.12 bits per heavy atom. The average molecular weight is 871 g/mol. The smallest absolute Gasteiger partial charge is 0.238 e. The minimum Gasteiger partial charge on any atom is -0.308 e. The van der Waals surface area contributed by atoms with E-state index in [1.807, 2.05) is 97.1 Å². The van der Waals surface area contributed by atoms with Gasteiger partial charge >= 0.3 is 0 Å². The summed E-state index contributed by atoms with van der Waals surface area (Å²) in [5, 5.41) is 4.46. The van der Waals surface area contributed by atoms with E-state index in [0.29, 0.717) is 35.1 Å². The van der Waals surface area contributed by atoms with E-state index < -0.39 is 0 Å². The van der Waals surface area contributed by atoms with Gasteiger partial charge in [0.1, 0.15) is 0 Å². The maximum atomic E-state index is 5.26. The van der Waals surface area contributed by atoms with Crippen molar-refractivity contribution >= 4 is 43.6 Å². The number of nitrogens with zero attached hydrogens (tertiary/aromatic N) is 8. The summed E-state index contributed by atoms with van der Waals surface area (Å²) in [5.74, 6) is 3.55. The molecule has 0 bridgehead atoms. The van der Waals surface area contributed by atoms with Gasteiger partial charge in [0, 0.05) is 49.4 Å². The maximum Gasteiger partial charge on any atom is 0.238 e. The molecule has 8 nitrogen and oxygen atoms in total. The molecule has 4 aromatic heterocycles. The number of fused-ring (bicyclic) bond motifs is 7. The summed E-state index contributed by atoms with van der Waals surface area (Å²) in [4.78, 5) is 31.0. The zero-order valence-electron chi connectivity index (χ0n) is 36.5. The summed E-state index contributed by atoms with van der Waals surface area (Å²) in [6, 6.07) is 79.2. The van der Waals surface area contributed by atoms with Crippen LogP contribution in [0.4, 0.5) is 0 Å². The van der Waals surface area contributed by atoms with Crippen molar-refractivity contribution in [3.05, 3.63) is 231 Å². The number of hydrogen-bond donors (Lipinski definition) is 0. The third-order valence-corrected chi connectivity index (χ3v) is 12.7. The van der Waals surface area contributed by atoms with Gasteiger partial charge in [0.25, 0.3) is 0 Å². The minimum atomic E-state index is 0.548. The molecule has 13 aromatic rings. The van der Waals surface area contributed by atoms with Gasteiger partial charge in [-0.15, -0.1) is 0 Å². The molecule has 68 heavy (non-hydrogen) atoms. The lowest BCUT2D eigenvalue weighted by atomic mass is 10.0. The van der Waals surface area contributed by atoms with Crippen molar-refractivity contribution in [2.24, 2.45) is 0 Å². The Labute approximate surface area is 391 Å². The van der Waals surface area contributed by atoms with E-state index in [-0.39, 0.29) is 0 Å². The number of rotatable bonds is 8. The minimum absolute atomic E-state index is 0.548. The predicted octanol–water partition coefficient (Wildman–Crippen LogP) is 14.3. The molecule has 0 atom stereocenters. The summed E-state index contributed by atoms with van der Waals surface area (Å²) in [7, 11) is 0. The highest BCUT2D eigenvalue weighted by Crippen LogP contribution is 2.43. The maximum absolute atomic E-state index is 5.26. The van der Waals surface area contributed by atoms with Crippen molar-refractivity contribution < 1.29 is 0 Å². The fourth-order valence-electron chi connectivity index (χ4n) is 9.53. The predicted molar refractivity (Wildman–Crippen MR) is 275 cm³/mol. The van der Waals surface area contributed by atoms with Gasteiger partial charge in [-0.05, 0) is 47.5 Å². The number of aromatic nitrogens is 8. The van der Waals surface area contributed by atoms with Gasteiger partial charge in [0.15, 0.2) is 29.1 Å². The second kappa shape index (κ2) is 16.2. The highest BCUT2D eigenvalue weighted by atomic mass is 15.2. The molecule has 0 N–H and O–H groups in total. The van der Waals surface area contributed by atoms with Crippen molar-refractivity contribution in [3.63, 3.8) is 0 Å². The van der Waals surface area contributed by atoms with E-state index in [1.165, 1.54) is 0 Å². The van der Waals surface area contributed by atoms with Crippen LogP contribution in [0.15, 0.2) is 231 Å². The van der Waals surface area contributed by atoms with Crippen LogP contribution in [0.2, 0.25) is 0 Å². The Hall–Kier alpha value is -9.40. The molecular formula is C60H38N8. The first-order chi connectivity index (χ1) is 33.7. The lowest BCUT2D eigenvalue weighted by Gasteiger charge is -2.15. The zero-order valence-corrected chi connectivity index (χ0v) is 36.5. The molecule has 0 amide bonds. The Bertz CT molecular complexity index is 3940. The average Bonchev–Trinajstić information content (AvgIpc) is 3.94. The van der Waals surface area contributed by atoms with Crippen LogP contribution in [0.1, 0.15) is 0 Å². The summed E-state index contributed by atoms with van der Waals surface area (Å²) >= 11 is 0. The normalized spacial score (nSPS) is 11.5. The van der Waals surface area contributed by atoms with E-state index in [1.54, 1.807) is 0 Å². The molecule has 0 radical (unpaired) electrons. The van der Waals surface area contributed by atoms with Gasteiger partial charge in [0.2, 0.25) is 5.95 Å². The molecule has 13 rings (SSSR count). The lowest BCUT2D eigenvalue weighted by Crippen LogP contribution is -2.06. The number of benzene rings is 9. The number of para-hydroxylation sites is 3. The fraction of sp³-hybridized carbons (Fsp3) is 0. The van der Waals surface area contributed by atoms with Crippen molar-refractivity contribution in [1.29, 1.82) is 0 Å². The summed E-state index contributed by atoms with van der Waals surface area (Å²) < 4.78 is 4.55. The van der Waals surface area contributed by atoms with E-state index in [2.05, 4.69) is 143 Å². The van der Waals surface area contributed by atoms with E-state index in [4.69, 9.17) is 29.9 Å². The molecule has 0 saturated heterocycles. The monoisotopic (exact) mass is 870 g/mol. The molecule has 318 valence electrons. The second-order valence-electron chi connectivity index (χ2n) is 16.7. The van der Waals surface area contributed by atoms with Crippen LogP contribution in [0, 0.1) is 0 Å². The molecule has 0 aliphatic carbocycles. The highest BCUT2D eigenvalue weighted by molar-refractivity contribution is 6.29. The van der Waals surface area contributed by atoms with Crippen molar-refractivity contribution in [1.82, 2.24) is 39.0 Å². The van der Waals surface area contributed by atoms with Crippen LogP contribution in [0.5, 0.6) is 0 Å². The quantitative estimate of drug-likeness (QED) is 0.151. The van der Waals surface area contributed by atoms with E-state index in [9.17, 15) is 0 Å². The van der Waals surface area contributed by atoms with Crippen LogP contribution >= 0.6 is 0 Å². The Morgan fingerprint density at radius 2 is 0.588 bits per heavy atom. The van der Waals surface area contributed by atoms with Crippen LogP contribution in [-0.2, 0) is 0 Å². The Morgan fingerprint density at radius 1 is 0.235 bits per heavy atom. The molecule has 0 aliphatic rings. The molecule has 9 aromatic carbocycles. The standard InChI is InChI=1S/C60H38N8/c1-5-19-39(20-6-1)40-33-35-44(36-34-40)56-61-55(41-21-7-2-8-22-41)63-59(64-56)47-29-15-18-32-50(47)67-48-30-16-13-27-45(48)53-51(67)37-38-52-54(53)46-28-14-17-31-49(46)68(52)60-65-57(42-23-9-3-10-24-42)62-58(66-60)43-25-11-4-12-26-43/h1-38H. The third kappa shape index (κ3) is 6.62. The van der Waals surface area contributed by atoms with Gasteiger partial charge < -0.3 is 4.57 Å². The first-order valence-electron chi connectivity index (χ1n) is 22.6. The third-order valence-electron chi connectivity index (χ3n) is 12.7. The van der Waals surface area contributed by atoms with Crippen molar-refractivity contribution in [2.45, 2.75) is 0 Å². The molecule has 0 unspecified atom stereocenters. The highest BCUT2D eigenvalue weighted by Gasteiger charge is 2.24. The fourth-order valence-corrected chi connectivity index (χ4v) is 9.53. The van der Waals surface area contributed by atoms with E-state index >= 15 is 0 Å². The molecule has 0 fully saturated rings. The van der Waals surface area contributed by atoms with Crippen molar-refractivity contribution in [2.75, 3.05) is 0 Å². The van der Waals surface area contributed by atoms with Crippen molar-refractivity contribution in [3.8, 4) is 79.7 Å². The van der Waals surface area contributed by atoms with E-state index in [0.717, 1.165) is 88.2 Å². The van der Waals surface area contributed by atoms with Crippen LogP contribution in [0.25, 0.3) is 123 Å². The molecule has 8 heteroatoms. The molecular weight excluding hydrogens is 833 g/mol. The van der Waals surface area contributed by atoms with Crippen LogP contribution < -0.4 is 0 Å². The van der Waals surface area contributed by atoms with Gasteiger partial charge in [-0.2, -0.15) is 9.97 Å². The summed E-state index contributed by atoms with van der Waals surface area (Å²) in [6.07, 6.45) is 0. The zero-order chi connectivity index (χ0) is 45.0. The van der Waals surface area contributed by atoms with Crippen LogP contribution in [0.3, 0.4) is 0 Å². The second-order valence-corrected chi connectivity index (χ2v) is 16.7. The SMILES string of the molecule is c1ccc(-c2ccc(-c3nc(-c4ccccc4)nc(-c4ccccc4-n4c5ccccc5c5c6c7ccccc7n(-c7nc(-c8ccccc8)nc(-c8ccccc8)n7)c6ccc54)n3)cc2)cc1. The Balaban J connectivity index is 1.03. The van der Waals surface area contributed by atoms with Gasteiger partial charge in [-0.3, -0.25) is 4.57 Å². The topological polar surface area (TPSA) is 87.2 Å². The molecule has 0 saturated carbocycles. The lowest BCUT2D eigenvalue weighted by molar-refractivity contribution is 0.953. The van der Waals surface area contributed by atoms with Gasteiger partial charge in [-0.1, -0.05) is 194 Å². The Kier molecular flexibility index (Phi) is 9.31. The van der Waals surface area contributed by atoms with Gasteiger partial charge in [-0.25, -0.2) is 19.9 Å². The molecule has 4 heterocycles. The summed E-state index contributed by atoms with van der Waals surface area (Å²) in [5.41, 5.74) is 11.9. The van der Waals surface area contributed by atoms with Gasteiger partial charge in [0.05, 0.1) is 27.8 Å².